The lowest BCUT2D eigenvalue weighted by Crippen LogP contribution is -2.01. The number of nitrogens with zero attached hydrogens (tertiary/aromatic N) is 2. The van der Waals surface area contributed by atoms with E-state index >= 15 is 0 Å². The zero-order valence-electron chi connectivity index (χ0n) is 11.5. The van der Waals surface area contributed by atoms with Gasteiger partial charge in [0.15, 0.2) is 5.82 Å². The second-order valence-electron chi connectivity index (χ2n) is 4.69. The molecular weight excluding hydrogens is 304 g/mol. The summed E-state index contributed by atoms with van der Waals surface area (Å²) in [6, 6.07) is 6.17. The zero-order chi connectivity index (χ0) is 14.0. The van der Waals surface area contributed by atoms with Gasteiger partial charge in [0.1, 0.15) is 0 Å². The van der Waals surface area contributed by atoms with Crippen LogP contribution in [0.15, 0.2) is 22.7 Å². The Morgan fingerprint density at radius 1 is 1.42 bits per heavy atom. The molecule has 1 aromatic carbocycles. The van der Waals surface area contributed by atoms with Crippen LogP contribution in [0.3, 0.4) is 0 Å². The fourth-order valence-corrected chi connectivity index (χ4v) is 2.61. The quantitative estimate of drug-likeness (QED) is 0.900. The molecule has 2 rings (SSSR count). The van der Waals surface area contributed by atoms with Crippen molar-refractivity contribution < 1.29 is 0 Å². The molecule has 0 spiro atoms. The Kier molecular flexibility index (Phi) is 4.14. The summed E-state index contributed by atoms with van der Waals surface area (Å²) in [6.07, 6.45) is 1.94. The van der Waals surface area contributed by atoms with Crippen LogP contribution in [-0.4, -0.2) is 9.78 Å². The Balaban J connectivity index is 2.33. The first-order valence-electron chi connectivity index (χ1n) is 6.37. The smallest absolute Gasteiger partial charge is 0.152 e. The third kappa shape index (κ3) is 2.92. The molecule has 0 unspecified atom stereocenters. The minimum atomic E-state index is 0.733. The van der Waals surface area contributed by atoms with E-state index in [1.54, 1.807) is 4.68 Å². The molecule has 4 nitrogen and oxygen atoms in total. The number of benzene rings is 1. The second kappa shape index (κ2) is 5.65. The van der Waals surface area contributed by atoms with Crippen LogP contribution in [0.4, 0.5) is 17.2 Å². The van der Waals surface area contributed by atoms with Gasteiger partial charge < -0.3 is 11.1 Å². The van der Waals surface area contributed by atoms with E-state index in [9.17, 15) is 0 Å². The minimum Gasteiger partial charge on any atom is -0.394 e. The number of nitrogen functional groups attached to an aromatic ring is 1. The van der Waals surface area contributed by atoms with Crippen LogP contribution in [0.25, 0.3) is 0 Å². The predicted molar refractivity (Wildman–Crippen MR) is 83.8 cm³/mol. The van der Waals surface area contributed by atoms with Gasteiger partial charge in [-0.15, -0.1) is 0 Å². The fourth-order valence-electron chi connectivity index (χ4n) is 2.01. The van der Waals surface area contributed by atoms with E-state index in [1.807, 2.05) is 13.1 Å². The van der Waals surface area contributed by atoms with E-state index in [0.29, 0.717) is 0 Å². The van der Waals surface area contributed by atoms with Crippen molar-refractivity contribution in [2.24, 2.45) is 7.05 Å². The molecule has 1 aromatic heterocycles. The Hall–Kier alpha value is -1.49. The van der Waals surface area contributed by atoms with Crippen molar-refractivity contribution in [2.45, 2.75) is 26.7 Å². The molecular formula is C14H19BrN4. The molecule has 1 heterocycles. The van der Waals surface area contributed by atoms with Crippen molar-refractivity contribution in [3.05, 3.63) is 33.9 Å². The number of aryl methyl sites for hydroxylation is 3. The maximum absolute atomic E-state index is 6.16. The molecule has 102 valence electrons. The summed E-state index contributed by atoms with van der Waals surface area (Å²) in [7, 11) is 1.90. The molecule has 0 amide bonds. The lowest BCUT2D eigenvalue weighted by atomic mass is 10.2. The molecule has 0 aliphatic carbocycles. The number of rotatable bonds is 4. The Morgan fingerprint density at radius 3 is 2.79 bits per heavy atom. The van der Waals surface area contributed by atoms with E-state index in [4.69, 9.17) is 5.73 Å². The first-order chi connectivity index (χ1) is 9.02. The van der Waals surface area contributed by atoms with Gasteiger partial charge in [-0.3, -0.25) is 4.68 Å². The highest BCUT2D eigenvalue weighted by Gasteiger charge is 2.13. The summed E-state index contributed by atoms with van der Waals surface area (Å²) in [5.74, 6) is 0.841. The van der Waals surface area contributed by atoms with Crippen LogP contribution in [0, 0.1) is 6.92 Å². The second-order valence-corrected chi connectivity index (χ2v) is 5.55. The number of hydrogen-bond acceptors (Lipinski definition) is 3. The van der Waals surface area contributed by atoms with Crippen LogP contribution < -0.4 is 11.1 Å². The standard InChI is InChI=1S/C14H19BrN4/c1-4-5-12-13(16)14(19(3)18-12)17-11-7-6-9(2)8-10(11)15/h6-8,17H,4-5,16H2,1-3H3. The summed E-state index contributed by atoms with van der Waals surface area (Å²) < 4.78 is 2.82. The number of anilines is 3. The maximum Gasteiger partial charge on any atom is 0.152 e. The largest absolute Gasteiger partial charge is 0.394 e. The van der Waals surface area contributed by atoms with Crippen LogP contribution in [0.2, 0.25) is 0 Å². The summed E-state index contributed by atoms with van der Waals surface area (Å²) in [4.78, 5) is 0. The van der Waals surface area contributed by atoms with Gasteiger partial charge in [0, 0.05) is 11.5 Å². The number of nitrogens with two attached hydrogens (primary N) is 1. The molecule has 0 radical (unpaired) electrons. The number of halogens is 1. The van der Waals surface area contributed by atoms with Gasteiger partial charge in [-0.1, -0.05) is 19.4 Å². The van der Waals surface area contributed by atoms with E-state index < -0.39 is 0 Å². The molecule has 0 aliphatic heterocycles. The van der Waals surface area contributed by atoms with Gasteiger partial charge in [-0.2, -0.15) is 5.10 Å². The zero-order valence-corrected chi connectivity index (χ0v) is 13.1. The number of aromatic nitrogens is 2. The van der Waals surface area contributed by atoms with Crippen molar-refractivity contribution in [2.75, 3.05) is 11.1 Å². The van der Waals surface area contributed by atoms with Crippen LogP contribution in [0.1, 0.15) is 24.6 Å². The van der Waals surface area contributed by atoms with Crippen molar-refractivity contribution in [3.8, 4) is 0 Å². The highest BCUT2D eigenvalue weighted by Crippen LogP contribution is 2.31. The Labute approximate surface area is 122 Å². The average Bonchev–Trinajstić information content (AvgIpc) is 2.60. The van der Waals surface area contributed by atoms with Crippen LogP contribution in [0.5, 0.6) is 0 Å². The van der Waals surface area contributed by atoms with Gasteiger partial charge in [0.25, 0.3) is 0 Å². The number of hydrogen-bond donors (Lipinski definition) is 2. The molecule has 5 heteroatoms. The molecule has 3 N–H and O–H groups in total. The van der Waals surface area contributed by atoms with Gasteiger partial charge in [0.2, 0.25) is 0 Å². The van der Waals surface area contributed by atoms with Gasteiger partial charge in [-0.05, 0) is 47.0 Å². The summed E-state index contributed by atoms with van der Waals surface area (Å²) in [5.41, 5.74) is 10.0. The minimum absolute atomic E-state index is 0.733. The molecule has 19 heavy (non-hydrogen) atoms. The molecule has 0 atom stereocenters. The van der Waals surface area contributed by atoms with Crippen molar-refractivity contribution in [1.82, 2.24) is 9.78 Å². The third-order valence-corrected chi connectivity index (χ3v) is 3.68. The van der Waals surface area contributed by atoms with Gasteiger partial charge in [0.05, 0.1) is 17.1 Å². The van der Waals surface area contributed by atoms with E-state index in [0.717, 1.165) is 40.2 Å². The van der Waals surface area contributed by atoms with E-state index in [2.05, 4.69) is 52.3 Å². The number of nitrogens with one attached hydrogen (secondary N) is 1. The maximum atomic E-state index is 6.16. The highest BCUT2D eigenvalue weighted by molar-refractivity contribution is 9.10. The first-order valence-corrected chi connectivity index (χ1v) is 7.16. The third-order valence-electron chi connectivity index (χ3n) is 3.02. The average molecular weight is 323 g/mol. The van der Waals surface area contributed by atoms with Gasteiger partial charge in [-0.25, -0.2) is 0 Å². The lowest BCUT2D eigenvalue weighted by molar-refractivity contribution is 0.740. The highest BCUT2D eigenvalue weighted by atomic mass is 79.9. The van der Waals surface area contributed by atoms with E-state index in [1.165, 1.54) is 5.56 Å². The van der Waals surface area contributed by atoms with Crippen molar-refractivity contribution >= 4 is 33.1 Å². The molecule has 0 bridgehead atoms. The van der Waals surface area contributed by atoms with Crippen LogP contribution in [-0.2, 0) is 13.5 Å². The van der Waals surface area contributed by atoms with Crippen LogP contribution >= 0.6 is 15.9 Å². The normalized spacial score (nSPS) is 10.7. The summed E-state index contributed by atoms with van der Waals surface area (Å²) >= 11 is 3.56. The topological polar surface area (TPSA) is 55.9 Å². The molecule has 0 saturated heterocycles. The fraction of sp³-hybridized carbons (Fsp3) is 0.357. The lowest BCUT2D eigenvalue weighted by Gasteiger charge is -2.10. The molecule has 0 fully saturated rings. The van der Waals surface area contributed by atoms with Crippen molar-refractivity contribution in [3.63, 3.8) is 0 Å². The molecule has 0 saturated carbocycles. The molecule has 0 aliphatic rings. The first kappa shape index (κ1) is 13.9. The van der Waals surface area contributed by atoms with Gasteiger partial charge >= 0.3 is 0 Å². The van der Waals surface area contributed by atoms with Crippen molar-refractivity contribution in [1.29, 1.82) is 0 Å². The van der Waals surface area contributed by atoms with E-state index in [-0.39, 0.29) is 0 Å². The summed E-state index contributed by atoms with van der Waals surface area (Å²) in [6.45, 7) is 4.18. The molecule has 2 aromatic rings. The summed E-state index contributed by atoms with van der Waals surface area (Å²) in [5, 5.41) is 7.80. The predicted octanol–water partition coefficient (Wildman–Crippen LogP) is 3.77. The Morgan fingerprint density at radius 2 is 2.16 bits per heavy atom. The Bertz CT molecular complexity index is 589. The monoisotopic (exact) mass is 322 g/mol. The SMILES string of the molecule is CCCc1nn(C)c(Nc2ccc(C)cc2Br)c1N.